The Balaban J connectivity index is 1.52. The SMILES string of the molecule is CCC1(CN(C(=O)NCC2CCC2)c2cnc(C#N)nc2OC)CCC(C2CCCCC2)CC1. The van der Waals surface area contributed by atoms with E-state index in [1.54, 1.807) is 11.1 Å². The highest BCUT2D eigenvalue weighted by Crippen LogP contribution is 2.47. The van der Waals surface area contributed by atoms with Crippen molar-refractivity contribution in [3.05, 3.63) is 12.0 Å². The van der Waals surface area contributed by atoms with Crippen molar-refractivity contribution in [1.29, 1.82) is 5.26 Å². The van der Waals surface area contributed by atoms with E-state index in [1.165, 1.54) is 71.3 Å². The fourth-order valence-electron chi connectivity index (χ4n) is 6.33. The molecular weight excluding hydrogens is 426 g/mol. The van der Waals surface area contributed by atoms with Gasteiger partial charge < -0.3 is 10.1 Å². The van der Waals surface area contributed by atoms with Crippen molar-refractivity contribution in [3.8, 4) is 11.9 Å². The van der Waals surface area contributed by atoms with E-state index in [1.807, 2.05) is 6.07 Å². The van der Waals surface area contributed by atoms with Crippen molar-refractivity contribution in [2.75, 3.05) is 25.1 Å². The summed E-state index contributed by atoms with van der Waals surface area (Å²) in [6.45, 7) is 3.60. The van der Waals surface area contributed by atoms with Gasteiger partial charge in [0.1, 0.15) is 11.8 Å². The van der Waals surface area contributed by atoms with E-state index in [0.717, 1.165) is 31.1 Å². The summed E-state index contributed by atoms with van der Waals surface area (Å²) in [6, 6.07) is 1.86. The van der Waals surface area contributed by atoms with Crippen LogP contribution in [-0.4, -0.2) is 36.2 Å². The minimum atomic E-state index is -0.110. The molecule has 3 fully saturated rings. The van der Waals surface area contributed by atoms with E-state index in [-0.39, 0.29) is 23.2 Å². The summed E-state index contributed by atoms with van der Waals surface area (Å²) in [5.74, 6) is 2.66. The van der Waals surface area contributed by atoms with Crippen LogP contribution in [0.2, 0.25) is 0 Å². The molecule has 0 spiro atoms. The van der Waals surface area contributed by atoms with Crippen LogP contribution in [0.1, 0.15) is 96.2 Å². The van der Waals surface area contributed by atoms with Crippen LogP contribution in [0, 0.1) is 34.5 Å². The van der Waals surface area contributed by atoms with Gasteiger partial charge in [-0.15, -0.1) is 0 Å². The number of carbonyl (C=O) groups is 1. The van der Waals surface area contributed by atoms with Gasteiger partial charge in [-0.25, -0.2) is 9.78 Å². The summed E-state index contributed by atoms with van der Waals surface area (Å²) in [4.78, 5) is 23.7. The quantitative estimate of drug-likeness (QED) is 0.518. The van der Waals surface area contributed by atoms with Gasteiger partial charge in [0.2, 0.25) is 11.7 Å². The number of anilines is 1. The smallest absolute Gasteiger partial charge is 0.322 e. The number of aromatic nitrogens is 2. The predicted octanol–water partition coefficient (Wildman–Crippen LogP) is 5.84. The van der Waals surface area contributed by atoms with Crippen molar-refractivity contribution in [3.63, 3.8) is 0 Å². The molecule has 2 amide bonds. The first kappa shape index (κ1) is 24.8. The van der Waals surface area contributed by atoms with Gasteiger partial charge in [0, 0.05) is 13.1 Å². The summed E-state index contributed by atoms with van der Waals surface area (Å²) in [7, 11) is 1.53. The molecule has 1 aromatic heterocycles. The maximum Gasteiger partial charge on any atom is 0.322 e. The van der Waals surface area contributed by atoms with E-state index in [4.69, 9.17) is 4.74 Å². The maximum atomic E-state index is 13.5. The molecule has 186 valence electrons. The zero-order valence-corrected chi connectivity index (χ0v) is 21.0. The molecule has 0 aliphatic heterocycles. The third-order valence-electron chi connectivity index (χ3n) is 8.98. The molecule has 1 heterocycles. The van der Waals surface area contributed by atoms with Crippen molar-refractivity contribution in [1.82, 2.24) is 15.3 Å². The van der Waals surface area contributed by atoms with E-state index < -0.39 is 0 Å². The van der Waals surface area contributed by atoms with Gasteiger partial charge in [-0.3, -0.25) is 4.90 Å². The predicted molar refractivity (Wildman–Crippen MR) is 133 cm³/mol. The van der Waals surface area contributed by atoms with Crippen molar-refractivity contribution >= 4 is 11.7 Å². The van der Waals surface area contributed by atoms with Crippen LogP contribution >= 0.6 is 0 Å². The number of methoxy groups -OCH3 is 1. The van der Waals surface area contributed by atoms with Crippen LogP contribution in [0.3, 0.4) is 0 Å². The van der Waals surface area contributed by atoms with Gasteiger partial charge >= 0.3 is 6.03 Å². The number of nitrogens with one attached hydrogen (secondary N) is 1. The van der Waals surface area contributed by atoms with Gasteiger partial charge in [0.05, 0.1) is 13.3 Å². The number of hydrogen-bond acceptors (Lipinski definition) is 5. The van der Waals surface area contributed by atoms with Crippen LogP contribution in [0.4, 0.5) is 10.5 Å². The van der Waals surface area contributed by atoms with Crippen LogP contribution in [0.15, 0.2) is 6.20 Å². The van der Waals surface area contributed by atoms with E-state index in [0.29, 0.717) is 24.7 Å². The largest absolute Gasteiger partial charge is 0.479 e. The summed E-state index contributed by atoms with van der Waals surface area (Å²) < 4.78 is 5.51. The second kappa shape index (κ2) is 11.4. The molecule has 34 heavy (non-hydrogen) atoms. The Morgan fingerprint density at radius 1 is 1.15 bits per heavy atom. The zero-order chi connectivity index (χ0) is 24.0. The minimum Gasteiger partial charge on any atom is -0.479 e. The highest BCUT2D eigenvalue weighted by atomic mass is 16.5. The first-order chi connectivity index (χ1) is 16.6. The maximum absolute atomic E-state index is 13.5. The molecule has 1 aromatic rings. The van der Waals surface area contributed by atoms with E-state index in [2.05, 4.69) is 22.2 Å². The molecule has 0 saturated heterocycles. The first-order valence-electron chi connectivity index (χ1n) is 13.4. The van der Waals surface area contributed by atoms with Crippen LogP contribution < -0.4 is 15.0 Å². The van der Waals surface area contributed by atoms with Gasteiger partial charge in [-0.05, 0) is 68.1 Å². The number of ether oxygens (including phenoxy) is 1. The molecule has 3 aliphatic rings. The molecule has 0 radical (unpaired) electrons. The Bertz CT molecular complexity index is 864. The lowest BCUT2D eigenvalue weighted by molar-refractivity contribution is 0.102. The molecule has 1 N–H and O–H groups in total. The van der Waals surface area contributed by atoms with Gasteiger partial charge in [0.25, 0.3) is 0 Å². The molecule has 0 atom stereocenters. The van der Waals surface area contributed by atoms with E-state index >= 15 is 0 Å². The molecule has 0 unspecified atom stereocenters. The average molecular weight is 468 g/mol. The Morgan fingerprint density at radius 2 is 1.85 bits per heavy atom. The first-order valence-corrected chi connectivity index (χ1v) is 13.4. The second-order valence-corrected chi connectivity index (χ2v) is 10.9. The Kier molecular flexibility index (Phi) is 8.28. The molecule has 3 aliphatic carbocycles. The van der Waals surface area contributed by atoms with Crippen LogP contribution in [0.25, 0.3) is 0 Å². The van der Waals surface area contributed by atoms with Crippen LogP contribution in [-0.2, 0) is 0 Å². The lowest BCUT2D eigenvalue weighted by Crippen LogP contribution is -2.49. The molecule has 7 nitrogen and oxygen atoms in total. The number of urea groups is 1. The lowest BCUT2D eigenvalue weighted by atomic mass is 9.64. The third-order valence-corrected chi connectivity index (χ3v) is 8.98. The highest BCUT2D eigenvalue weighted by molar-refractivity contribution is 5.93. The lowest BCUT2D eigenvalue weighted by Gasteiger charge is -2.45. The summed E-state index contributed by atoms with van der Waals surface area (Å²) in [5.41, 5.74) is 0.632. The third kappa shape index (κ3) is 5.64. The normalized spacial score (nSPS) is 25.7. The molecule has 7 heteroatoms. The van der Waals surface area contributed by atoms with Gasteiger partial charge in [-0.1, -0.05) is 45.4 Å². The van der Waals surface area contributed by atoms with Crippen molar-refractivity contribution in [2.24, 2.45) is 23.2 Å². The zero-order valence-electron chi connectivity index (χ0n) is 21.0. The monoisotopic (exact) mass is 467 g/mol. The molecule has 4 rings (SSSR count). The fraction of sp³-hybridized carbons (Fsp3) is 0.778. The summed E-state index contributed by atoms with van der Waals surface area (Å²) >= 11 is 0. The fourth-order valence-corrected chi connectivity index (χ4v) is 6.33. The number of nitriles is 1. The topological polar surface area (TPSA) is 91.1 Å². The average Bonchev–Trinajstić information content (AvgIpc) is 2.87. The number of nitrogens with zero attached hydrogens (tertiary/aromatic N) is 4. The second-order valence-electron chi connectivity index (χ2n) is 10.9. The van der Waals surface area contributed by atoms with Crippen molar-refractivity contribution < 1.29 is 9.53 Å². The van der Waals surface area contributed by atoms with Crippen LogP contribution in [0.5, 0.6) is 5.88 Å². The van der Waals surface area contributed by atoms with E-state index in [9.17, 15) is 10.1 Å². The molecule has 3 saturated carbocycles. The summed E-state index contributed by atoms with van der Waals surface area (Å²) in [6.07, 6.45) is 18.1. The Labute approximate surface area is 204 Å². The Hall–Kier alpha value is -2.36. The number of amides is 2. The minimum absolute atomic E-state index is 0.0496. The van der Waals surface area contributed by atoms with Gasteiger partial charge in [0.15, 0.2) is 0 Å². The van der Waals surface area contributed by atoms with Gasteiger partial charge in [-0.2, -0.15) is 10.2 Å². The molecule has 0 aromatic carbocycles. The Morgan fingerprint density at radius 3 is 2.44 bits per heavy atom. The van der Waals surface area contributed by atoms with Crippen molar-refractivity contribution in [2.45, 2.75) is 90.4 Å². The molecule has 0 bridgehead atoms. The number of rotatable bonds is 8. The number of carbonyl (C=O) groups excluding carboxylic acids is 1. The highest BCUT2D eigenvalue weighted by Gasteiger charge is 2.40. The standard InChI is InChI=1S/C27H41N5O2/c1-3-27(14-12-22(13-15-27)21-10-5-4-6-11-21)19-32(26(33)30-17-20-8-7-9-20)23-18-29-24(16-28)31-25(23)34-2/h18,20-22H,3-15,17,19H2,1-2H3,(H,30,33). The summed E-state index contributed by atoms with van der Waals surface area (Å²) in [5, 5.41) is 12.4. The molecular formula is C27H41N5O2. The number of hydrogen-bond donors (Lipinski definition) is 1.